The Balaban J connectivity index is 0.00000200. The molecule has 0 amide bonds. The van der Waals surface area contributed by atoms with E-state index in [0.717, 1.165) is 25.7 Å². The summed E-state index contributed by atoms with van der Waals surface area (Å²) in [5.74, 6) is 0.243. The van der Waals surface area contributed by atoms with Gasteiger partial charge in [0.25, 0.3) is 0 Å². The fourth-order valence-electron chi connectivity index (χ4n) is 2.16. The van der Waals surface area contributed by atoms with E-state index in [0.29, 0.717) is 17.3 Å². The van der Waals surface area contributed by atoms with Crippen molar-refractivity contribution in [3.8, 4) is 0 Å². The number of hydrogen-bond acceptors (Lipinski definition) is 6. The van der Waals surface area contributed by atoms with Gasteiger partial charge in [-0.3, -0.25) is 13.9 Å². The van der Waals surface area contributed by atoms with E-state index in [1.165, 1.54) is 11.8 Å². The van der Waals surface area contributed by atoms with Crippen LogP contribution >= 0.6 is 24.2 Å². The largest absolute Gasteiger partial charge is 0.480 e. The van der Waals surface area contributed by atoms with Crippen molar-refractivity contribution in [2.45, 2.75) is 37.8 Å². The second-order valence-electron chi connectivity index (χ2n) is 4.62. The van der Waals surface area contributed by atoms with Gasteiger partial charge in [0.1, 0.15) is 6.04 Å². The van der Waals surface area contributed by atoms with E-state index in [4.69, 9.17) is 15.4 Å². The minimum atomic E-state index is -1.00. The summed E-state index contributed by atoms with van der Waals surface area (Å²) in [5, 5.41) is 12.5. The van der Waals surface area contributed by atoms with Crippen LogP contribution in [0.1, 0.15) is 31.1 Å². The van der Waals surface area contributed by atoms with Crippen molar-refractivity contribution in [2.24, 2.45) is 5.73 Å². The average molecular weight is 324 g/mol. The molecule has 0 bridgehead atoms. The lowest BCUT2D eigenvalue weighted by Crippen LogP contribution is -2.33. The van der Waals surface area contributed by atoms with Gasteiger partial charge in [-0.05, 0) is 12.8 Å². The Kier molecular flexibility index (Phi) is 6.57. The summed E-state index contributed by atoms with van der Waals surface area (Å²) >= 11 is 1.45. The number of carboxylic acids is 1. The number of rotatable bonds is 5. The number of fused-ring (bicyclic) bond motifs is 1. The number of halogens is 1. The van der Waals surface area contributed by atoms with E-state index < -0.39 is 17.8 Å². The third-order valence-corrected chi connectivity index (χ3v) is 4.40. The number of aliphatic carboxylic acids is 1. The Bertz CT molecular complexity index is 504. The summed E-state index contributed by atoms with van der Waals surface area (Å²) in [6, 6.07) is -0.850. The molecule has 1 aromatic rings. The molecule has 0 spiro atoms. The zero-order valence-corrected chi connectivity index (χ0v) is 12.5. The van der Waals surface area contributed by atoms with Crippen LogP contribution in [0.4, 0.5) is 0 Å². The lowest BCUT2D eigenvalue weighted by atomic mass is 10.1. The van der Waals surface area contributed by atoms with Gasteiger partial charge in [-0.25, -0.2) is 4.79 Å². The number of aryl methyl sites for hydroxylation is 1. The molecule has 114 valence electrons. The fraction of sp³-hybridized carbons (Fsp3) is 0.727. The summed E-state index contributed by atoms with van der Waals surface area (Å²) < 4.78 is 6.30. The molecule has 7 nitrogen and oxygen atoms in total. The van der Waals surface area contributed by atoms with Crippen molar-refractivity contribution in [1.82, 2.24) is 9.72 Å². The first kappa shape index (κ1) is 17.1. The van der Waals surface area contributed by atoms with Gasteiger partial charge in [0.15, 0.2) is 5.82 Å². The second-order valence-corrected chi connectivity index (χ2v) is 5.69. The van der Waals surface area contributed by atoms with Crippen molar-refractivity contribution < 1.29 is 14.4 Å². The van der Waals surface area contributed by atoms with E-state index in [1.54, 1.807) is 4.57 Å². The maximum atomic E-state index is 11.6. The van der Waals surface area contributed by atoms with Crippen LogP contribution < -0.4 is 11.5 Å². The topological polar surface area (TPSA) is 111 Å². The van der Waals surface area contributed by atoms with Crippen molar-refractivity contribution in [1.29, 1.82) is 0 Å². The molecule has 3 N–H and O–H groups in total. The molecule has 1 aromatic heterocycles. The Morgan fingerprint density at radius 2 is 2.35 bits per heavy atom. The molecule has 0 radical (unpaired) electrons. The monoisotopic (exact) mass is 323 g/mol. The van der Waals surface area contributed by atoms with Crippen LogP contribution in [-0.2, 0) is 11.2 Å². The Morgan fingerprint density at radius 1 is 1.60 bits per heavy atom. The molecule has 9 heteroatoms. The van der Waals surface area contributed by atoms with Crippen LogP contribution in [0.5, 0.6) is 0 Å². The van der Waals surface area contributed by atoms with Gasteiger partial charge < -0.3 is 10.8 Å². The highest BCUT2D eigenvalue weighted by atomic mass is 35.5. The van der Waals surface area contributed by atoms with Gasteiger partial charge >= 0.3 is 11.7 Å². The molecule has 0 saturated heterocycles. The number of carboxylic acid groups (broad SMARTS) is 1. The molecule has 2 heterocycles. The number of hydrogen-bond donors (Lipinski definition) is 2. The van der Waals surface area contributed by atoms with Crippen LogP contribution in [-0.4, -0.2) is 38.3 Å². The lowest BCUT2D eigenvalue weighted by Gasteiger charge is -2.16. The number of nitrogens with two attached hydrogens (primary N) is 1. The number of nitrogens with zero attached hydrogens (tertiary/aromatic N) is 2. The molecule has 0 aliphatic carbocycles. The van der Waals surface area contributed by atoms with Crippen LogP contribution in [0.25, 0.3) is 0 Å². The first-order chi connectivity index (χ1) is 9.09. The van der Waals surface area contributed by atoms with Crippen molar-refractivity contribution in [2.75, 3.05) is 11.5 Å². The molecule has 1 aliphatic rings. The summed E-state index contributed by atoms with van der Waals surface area (Å²) in [4.78, 5) is 22.3. The predicted octanol–water partition coefficient (Wildman–Crippen LogP) is 0.671. The van der Waals surface area contributed by atoms with Crippen LogP contribution in [0, 0.1) is 0 Å². The zero-order valence-electron chi connectivity index (χ0n) is 10.9. The number of aromatic nitrogens is 2. The molecular weight excluding hydrogens is 306 g/mol. The van der Waals surface area contributed by atoms with Crippen molar-refractivity contribution in [3.05, 3.63) is 16.4 Å². The summed E-state index contributed by atoms with van der Waals surface area (Å²) in [5.41, 5.74) is 5.45. The van der Waals surface area contributed by atoms with E-state index in [-0.39, 0.29) is 18.4 Å². The Morgan fingerprint density at radius 3 is 3.05 bits per heavy atom. The molecule has 0 saturated carbocycles. The minimum Gasteiger partial charge on any atom is -0.480 e. The van der Waals surface area contributed by atoms with Crippen LogP contribution in [0.3, 0.4) is 0 Å². The smallest absolute Gasteiger partial charge is 0.441 e. The zero-order chi connectivity index (χ0) is 13.8. The number of thioether (sulfide) groups is 1. The minimum absolute atomic E-state index is 0. The Hall–Kier alpha value is -0.990. The third-order valence-electron chi connectivity index (χ3n) is 3.18. The molecule has 1 aliphatic heterocycles. The average Bonchev–Trinajstić information content (AvgIpc) is 2.61. The van der Waals surface area contributed by atoms with Gasteiger partial charge in [-0.2, -0.15) is 11.8 Å². The van der Waals surface area contributed by atoms with Crippen LogP contribution in [0.2, 0.25) is 0 Å². The third kappa shape index (κ3) is 4.00. The van der Waals surface area contributed by atoms with E-state index in [2.05, 4.69) is 5.16 Å². The van der Waals surface area contributed by atoms with Gasteiger partial charge in [-0.15, -0.1) is 12.4 Å². The lowest BCUT2D eigenvalue weighted by molar-refractivity contribution is -0.137. The molecule has 2 atom stereocenters. The SMILES string of the molecule is Cl.N[C@@H](CSCC1CCCCc2noc(=O)n21)C(=O)O. The van der Waals surface area contributed by atoms with E-state index in [9.17, 15) is 9.59 Å². The molecule has 20 heavy (non-hydrogen) atoms. The van der Waals surface area contributed by atoms with Crippen molar-refractivity contribution in [3.63, 3.8) is 0 Å². The fourth-order valence-corrected chi connectivity index (χ4v) is 3.28. The van der Waals surface area contributed by atoms with E-state index >= 15 is 0 Å². The highest BCUT2D eigenvalue weighted by molar-refractivity contribution is 7.99. The summed E-state index contributed by atoms with van der Waals surface area (Å²) in [6.07, 6.45) is 3.64. The van der Waals surface area contributed by atoms with E-state index in [1.807, 2.05) is 0 Å². The number of carbonyl (C=O) groups is 1. The predicted molar refractivity (Wildman–Crippen MR) is 77.5 cm³/mol. The maximum absolute atomic E-state index is 11.6. The normalized spacial score (nSPS) is 19.6. The maximum Gasteiger partial charge on any atom is 0.441 e. The molecular formula is C11H18ClN3O4S. The second kappa shape index (κ2) is 7.70. The first-order valence-electron chi connectivity index (χ1n) is 6.23. The molecule has 2 rings (SSSR count). The van der Waals surface area contributed by atoms with Gasteiger partial charge in [0.2, 0.25) is 0 Å². The van der Waals surface area contributed by atoms with Gasteiger partial charge in [0, 0.05) is 17.9 Å². The molecule has 0 aromatic carbocycles. The van der Waals surface area contributed by atoms with Gasteiger partial charge in [0.05, 0.1) is 6.04 Å². The quantitative estimate of drug-likeness (QED) is 0.819. The first-order valence-corrected chi connectivity index (χ1v) is 7.38. The van der Waals surface area contributed by atoms with Crippen LogP contribution in [0.15, 0.2) is 9.32 Å². The molecule has 1 unspecified atom stereocenters. The summed E-state index contributed by atoms with van der Waals surface area (Å²) in [7, 11) is 0. The highest BCUT2D eigenvalue weighted by Gasteiger charge is 2.23. The van der Waals surface area contributed by atoms with Crippen molar-refractivity contribution >= 4 is 30.1 Å². The highest BCUT2D eigenvalue weighted by Crippen LogP contribution is 2.24. The molecule has 0 fully saturated rings. The standard InChI is InChI=1S/C11H17N3O4S.ClH/c12-8(10(15)16)6-19-5-7-3-1-2-4-9-13-18-11(17)14(7)9;/h7-8H,1-6,12H2,(H,15,16);1H/t7?,8-;/m0./s1. The Labute approximate surface area is 126 Å². The van der Waals surface area contributed by atoms with Gasteiger partial charge in [-0.1, -0.05) is 11.6 Å². The summed E-state index contributed by atoms with van der Waals surface area (Å²) in [6.45, 7) is 0.